The van der Waals surface area contributed by atoms with Gasteiger partial charge in [-0.05, 0) is 62.0 Å². The maximum absolute atomic E-state index is 12.6. The number of nitrogens with one attached hydrogen (secondary N) is 1. The summed E-state index contributed by atoms with van der Waals surface area (Å²) in [7, 11) is 0. The van der Waals surface area contributed by atoms with Crippen molar-refractivity contribution in [3.63, 3.8) is 0 Å². The molecule has 2 aliphatic heterocycles. The summed E-state index contributed by atoms with van der Waals surface area (Å²) < 4.78 is 0. The molecule has 2 fully saturated rings. The summed E-state index contributed by atoms with van der Waals surface area (Å²) in [4.78, 5) is 28.8. The number of rotatable bonds is 4. The molecule has 2 N–H and O–H groups in total. The molecule has 0 aromatic heterocycles. The van der Waals surface area contributed by atoms with E-state index in [0.29, 0.717) is 50.0 Å². The molecule has 2 heterocycles. The second kappa shape index (κ2) is 8.54. The van der Waals surface area contributed by atoms with Gasteiger partial charge in [0, 0.05) is 38.2 Å². The molecule has 3 rings (SSSR count). The Balaban J connectivity index is 1.47. The fraction of sp³-hybridized carbons (Fsp3) is 0.600. The van der Waals surface area contributed by atoms with E-state index < -0.39 is 0 Å². The topological polar surface area (TPSA) is 72.9 Å². The van der Waals surface area contributed by atoms with Crippen LogP contribution in [0.25, 0.3) is 0 Å². The first kappa shape index (κ1) is 18.7. The van der Waals surface area contributed by atoms with Crippen LogP contribution in [0.5, 0.6) is 5.75 Å². The second-order valence-electron chi connectivity index (χ2n) is 7.51. The predicted octanol–water partition coefficient (Wildman–Crippen LogP) is 1.70. The van der Waals surface area contributed by atoms with Gasteiger partial charge in [0.05, 0.1) is 0 Å². The molecule has 0 bridgehead atoms. The zero-order valence-electron chi connectivity index (χ0n) is 15.5. The van der Waals surface area contributed by atoms with Crippen molar-refractivity contribution in [2.75, 3.05) is 39.3 Å². The van der Waals surface area contributed by atoms with Crippen LogP contribution in [-0.2, 0) is 4.79 Å². The van der Waals surface area contributed by atoms with Gasteiger partial charge < -0.3 is 20.2 Å². The smallest absolute Gasteiger partial charge is 0.253 e. The van der Waals surface area contributed by atoms with Crippen molar-refractivity contribution in [2.45, 2.75) is 26.2 Å². The second-order valence-corrected chi connectivity index (χ2v) is 7.51. The molecule has 1 aromatic carbocycles. The van der Waals surface area contributed by atoms with E-state index in [2.05, 4.69) is 12.2 Å². The average molecular weight is 359 g/mol. The van der Waals surface area contributed by atoms with Gasteiger partial charge in [0.25, 0.3) is 5.91 Å². The maximum Gasteiger partial charge on any atom is 0.253 e. The minimum absolute atomic E-state index is 0.0428. The molecule has 6 nitrogen and oxygen atoms in total. The van der Waals surface area contributed by atoms with Crippen molar-refractivity contribution in [1.82, 2.24) is 15.1 Å². The third-order valence-corrected chi connectivity index (χ3v) is 5.67. The van der Waals surface area contributed by atoms with E-state index in [-0.39, 0.29) is 17.6 Å². The Morgan fingerprint density at radius 1 is 1.15 bits per heavy atom. The summed E-state index contributed by atoms with van der Waals surface area (Å²) in [6.45, 7) is 6.60. The largest absolute Gasteiger partial charge is 0.508 e. The van der Waals surface area contributed by atoms with Crippen LogP contribution >= 0.6 is 0 Å². The number of carbonyl (C=O) groups is 2. The van der Waals surface area contributed by atoms with Gasteiger partial charge in [0.2, 0.25) is 5.91 Å². The number of hydrogen-bond acceptors (Lipinski definition) is 4. The van der Waals surface area contributed by atoms with Crippen molar-refractivity contribution in [3.8, 4) is 5.75 Å². The Morgan fingerprint density at radius 3 is 2.42 bits per heavy atom. The van der Waals surface area contributed by atoms with Crippen molar-refractivity contribution in [1.29, 1.82) is 0 Å². The number of hydrogen-bond donors (Lipinski definition) is 2. The van der Waals surface area contributed by atoms with E-state index >= 15 is 0 Å². The monoisotopic (exact) mass is 359 g/mol. The molecule has 0 spiro atoms. The van der Waals surface area contributed by atoms with Gasteiger partial charge in [-0.25, -0.2) is 0 Å². The van der Waals surface area contributed by atoms with Crippen molar-refractivity contribution < 1.29 is 14.7 Å². The van der Waals surface area contributed by atoms with Crippen molar-refractivity contribution >= 4 is 11.8 Å². The van der Waals surface area contributed by atoms with Crippen LogP contribution in [0.3, 0.4) is 0 Å². The Bertz CT molecular complexity index is 618. The summed E-state index contributed by atoms with van der Waals surface area (Å²) in [5, 5.41) is 12.8. The molecule has 142 valence electrons. The number of phenols is 1. The van der Waals surface area contributed by atoms with Crippen molar-refractivity contribution in [3.05, 3.63) is 29.8 Å². The summed E-state index contributed by atoms with van der Waals surface area (Å²) in [5.41, 5.74) is 0.570. The van der Waals surface area contributed by atoms with E-state index in [0.717, 1.165) is 13.1 Å². The molecule has 0 saturated carbocycles. The Labute approximate surface area is 155 Å². The number of nitrogens with zero attached hydrogens (tertiary/aromatic N) is 2. The summed E-state index contributed by atoms with van der Waals surface area (Å²) in [5.74, 6) is 1.30. The number of amides is 2. The van der Waals surface area contributed by atoms with E-state index in [1.165, 1.54) is 25.0 Å². The van der Waals surface area contributed by atoms with Crippen LogP contribution in [0.15, 0.2) is 24.3 Å². The molecule has 0 radical (unpaired) electrons. The van der Waals surface area contributed by atoms with Crippen LogP contribution in [0.2, 0.25) is 0 Å². The summed E-state index contributed by atoms with van der Waals surface area (Å²) in [6, 6.07) is 6.31. The van der Waals surface area contributed by atoms with Gasteiger partial charge in [-0.1, -0.05) is 6.92 Å². The molecule has 2 atom stereocenters. The highest BCUT2D eigenvalue weighted by atomic mass is 16.3. The predicted molar refractivity (Wildman–Crippen MR) is 100.0 cm³/mol. The summed E-state index contributed by atoms with van der Waals surface area (Å²) in [6.07, 6.45) is 3.00. The van der Waals surface area contributed by atoms with Crippen LogP contribution < -0.4 is 5.32 Å². The normalized spacial score (nSPS) is 22.1. The van der Waals surface area contributed by atoms with Gasteiger partial charge in [-0.15, -0.1) is 0 Å². The van der Waals surface area contributed by atoms with Gasteiger partial charge in [-0.2, -0.15) is 0 Å². The summed E-state index contributed by atoms with van der Waals surface area (Å²) >= 11 is 0. The van der Waals surface area contributed by atoms with Gasteiger partial charge >= 0.3 is 0 Å². The molecule has 2 saturated heterocycles. The zero-order valence-corrected chi connectivity index (χ0v) is 15.5. The number of phenolic OH excluding ortho intramolecular Hbond substituents is 1. The quantitative estimate of drug-likeness (QED) is 0.858. The molecule has 26 heavy (non-hydrogen) atoms. The molecule has 6 heteroatoms. The van der Waals surface area contributed by atoms with E-state index in [1.807, 2.05) is 4.90 Å². The number of aromatic hydroxyl groups is 1. The Kier molecular flexibility index (Phi) is 6.14. The molecule has 2 unspecified atom stereocenters. The lowest BCUT2D eigenvalue weighted by molar-refractivity contribution is -0.134. The average Bonchev–Trinajstić information content (AvgIpc) is 2.69. The number of carbonyl (C=O) groups excluding carboxylic acids is 2. The standard InChI is InChI=1S/C20H29N3O3/c1-15(17-3-2-8-21-14-17)13-19(25)22-9-11-23(12-10-22)20(26)16-4-6-18(24)7-5-16/h4-7,15,17,21,24H,2-3,8-14H2,1H3. The lowest BCUT2D eigenvalue weighted by Gasteiger charge is -2.36. The first-order valence-corrected chi connectivity index (χ1v) is 9.61. The minimum Gasteiger partial charge on any atom is -0.508 e. The van der Waals surface area contributed by atoms with Crippen LogP contribution in [0, 0.1) is 11.8 Å². The third-order valence-electron chi connectivity index (χ3n) is 5.67. The lowest BCUT2D eigenvalue weighted by Crippen LogP contribution is -2.51. The molecule has 2 amide bonds. The third kappa shape index (κ3) is 4.55. The van der Waals surface area contributed by atoms with E-state index in [1.54, 1.807) is 17.0 Å². The van der Waals surface area contributed by atoms with Crippen molar-refractivity contribution in [2.24, 2.45) is 11.8 Å². The number of piperazine rings is 1. The van der Waals surface area contributed by atoms with E-state index in [4.69, 9.17) is 0 Å². The fourth-order valence-electron chi connectivity index (χ4n) is 3.88. The maximum atomic E-state index is 12.6. The molecule has 0 aliphatic carbocycles. The first-order valence-electron chi connectivity index (χ1n) is 9.61. The molecular weight excluding hydrogens is 330 g/mol. The number of piperidine rings is 1. The highest BCUT2D eigenvalue weighted by molar-refractivity contribution is 5.94. The van der Waals surface area contributed by atoms with Crippen LogP contribution in [0.1, 0.15) is 36.5 Å². The molecule has 1 aromatic rings. The van der Waals surface area contributed by atoms with Crippen LogP contribution in [-0.4, -0.2) is 66.0 Å². The van der Waals surface area contributed by atoms with Gasteiger partial charge in [0.1, 0.15) is 5.75 Å². The van der Waals surface area contributed by atoms with Gasteiger partial charge in [0.15, 0.2) is 0 Å². The first-order chi connectivity index (χ1) is 12.5. The van der Waals surface area contributed by atoms with E-state index in [9.17, 15) is 14.7 Å². The Morgan fingerprint density at radius 2 is 1.81 bits per heavy atom. The Hall–Kier alpha value is -2.08. The minimum atomic E-state index is -0.0428. The highest BCUT2D eigenvalue weighted by Crippen LogP contribution is 2.23. The number of benzene rings is 1. The fourth-order valence-corrected chi connectivity index (χ4v) is 3.88. The van der Waals surface area contributed by atoms with Crippen LogP contribution in [0.4, 0.5) is 0 Å². The van der Waals surface area contributed by atoms with Gasteiger partial charge in [-0.3, -0.25) is 9.59 Å². The molecule has 2 aliphatic rings. The molecular formula is C20H29N3O3. The SMILES string of the molecule is CC(CC(=O)N1CCN(C(=O)c2ccc(O)cc2)CC1)C1CCCNC1. The lowest BCUT2D eigenvalue weighted by atomic mass is 9.85. The zero-order chi connectivity index (χ0) is 18.5. The highest BCUT2D eigenvalue weighted by Gasteiger charge is 2.28.